The van der Waals surface area contributed by atoms with Crippen LogP contribution in [0.1, 0.15) is 32.0 Å². The van der Waals surface area contributed by atoms with E-state index in [1.165, 1.54) is 0 Å². The van der Waals surface area contributed by atoms with Crippen LogP contribution in [0, 0.1) is 0 Å². The molecule has 170 valence electrons. The SMILES string of the molecule is O=C(Nc1ccc(C(=O)N2Cc3cccn3Cc3ccccc32)c(Cl)c1)c1c(Cl)cccc1Cl. The van der Waals surface area contributed by atoms with Crippen molar-refractivity contribution in [2.75, 3.05) is 10.2 Å². The number of halogens is 3. The predicted molar refractivity (Wildman–Crippen MR) is 136 cm³/mol. The first-order valence-corrected chi connectivity index (χ1v) is 11.6. The number of amides is 2. The lowest BCUT2D eigenvalue weighted by Crippen LogP contribution is -2.30. The van der Waals surface area contributed by atoms with Gasteiger partial charge in [0.1, 0.15) is 0 Å². The molecule has 0 saturated carbocycles. The first-order valence-electron chi connectivity index (χ1n) is 10.5. The predicted octanol–water partition coefficient (Wildman–Crippen LogP) is 6.91. The molecular weight excluding hydrogens is 493 g/mol. The molecule has 1 aromatic heterocycles. The summed E-state index contributed by atoms with van der Waals surface area (Å²) in [6, 6.07) is 21.5. The van der Waals surface area contributed by atoms with Gasteiger partial charge >= 0.3 is 0 Å². The third-order valence-corrected chi connectivity index (χ3v) is 6.70. The Morgan fingerprint density at radius 1 is 0.794 bits per heavy atom. The lowest BCUT2D eigenvalue weighted by molar-refractivity contribution is 0.0984. The number of fused-ring (bicyclic) bond motifs is 2. The molecule has 34 heavy (non-hydrogen) atoms. The van der Waals surface area contributed by atoms with Gasteiger partial charge in [-0.1, -0.05) is 59.1 Å². The first kappa shape index (κ1) is 22.5. The summed E-state index contributed by atoms with van der Waals surface area (Å²) in [5, 5.41) is 3.45. The molecule has 4 aromatic rings. The van der Waals surface area contributed by atoms with Crippen LogP contribution in [0.4, 0.5) is 11.4 Å². The normalized spacial score (nSPS) is 12.5. The van der Waals surface area contributed by atoms with Gasteiger partial charge in [0, 0.05) is 29.8 Å². The fourth-order valence-electron chi connectivity index (χ4n) is 4.09. The number of anilines is 2. The molecule has 3 aromatic carbocycles. The molecule has 5 nitrogen and oxygen atoms in total. The Labute approximate surface area is 211 Å². The van der Waals surface area contributed by atoms with E-state index in [0.717, 1.165) is 16.9 Å². The highest BCUT2D eigenvalue weighted by Gasteiger charge is 2.26. The number of carbonyl (C=O) groups is 2. The second-order valence-corrected chi connectivity index (χ2v) is 9.11. The molecule has 0 spiro atoms. The van der Waals surface area contributed by atoms with Crippen LogP contribution in [0.25, 0.3) is 0 Å². The Morgan fingerprint density at radius 2 is 1.56 bits per heavy atom. The van der Waals surface area contributed by atoms with Crippen LogP contribution in [-0.4, -0.2) is 16.4 Å². The highest BCUT2D eigenvalue weighted by atomic mass is 35.5. The standard InChI is InChI=1S/C26H18Cl3N3O2/c27-20-7-3-8-21(28)24(20)25(33)30-17-10-11-19(22(29)13-17)26(34)32-15-18-6-4-12-31(18)14-16-5-1-2-9-23(16)32/h1-13H,14-15H2,(H,30,33). The minimum absolute atomic E-state index is 0.172. The Morgan fingerprint density at radius 3 is 2.32 bits per heavy atom. The summed E-state index contributed by atoms with van der Waals surface area (Å²) in [6.07, 6.45) is 2.01. The van der Waals surface area contributed by atoms with Crippen LogP contribution in [0.15, 0.2) is 79.0 Å². The van der Waals surface area contributed by atoms with Crippen molar-refractivity contribution in [3.63, 3.8) is 0 Å². The van der Waals surface area contributed by atoms with Crippen molar-refractivity contribution in [3.05, 3.63) is 116 Å². The third-order valence-electron chi connectivity index (χ3n) is 5.76. The molecule has 1 aliphatic rings. The quantitative estimate of drug-likeness (QED) is 0.326. The molecule has 5 rings (SSSR count). The first-order chi connectivity index (χ1) is 16.4. The lowest BCUT2D eigenvalue weighted by Gasteiger charge is -2.23. The fourth-order valence-corrected chi connectivity index (χ4v) is 4.92. The molecule has 0 unspecified atom stereocenters. The molecule has 0 fully saturated rings. The molecular formula is C26H18Cl3N3O2. The second kappa shape index (κ2) is 9.18. The van der Waals surface area contributed by atoms with E-state index < -0.39 is 5.91 Å². The van der Waals surface area contributed by atoms with Gasteiger partial charge in [-0.15, -0.1) is 0 Å². The number of benzene rings is 3. The monoisotopic (exact) mass is 509 g/mol. The summed E-state index contributed by atoms with van der Waals surface area (Å²) < 4.78 is 2.13. The van der Waals surface area contributed by atoms with E-state index in [1.807, 2.05) is 42.6 Å². The zero-order chi connectivity index (χ0) is 23.8. The third kappa shape index (κ3) is 4.18. The molecule has 1 N–H and O–H groups in total. The van der Waals surface area contributed by atoms with Crippen LogP contribution >= 0.6 is 34.8 Å². The van der Waals surface area contributed by atoms with Crippen molar-refractivity contribution in [1.82, 2.24) is 4.57 Å². The van der Waals surface area contributed by atoms with Crippen molar-refractivity contribution in [3.8, 4) is 0 Å². The van der Waals surface area contributed by atoms with E-state index in [4.69, 9.17) is 34.8 Å². The largest absolute Gasteiger partial charge is 0.345 e. The van der Waals surface area contributed by atoms with Gasteiger partial charge in [0.05, 0.1) is 32.7 Å². The molecule has 0 atom stereocenters. The van der Waals surface area contributed by atoms with Crippen LogP contribution < -0.4 is 10.2 Å². The average molecular weight is 511 g/mol. The molecule has 0 aliphatic carbocycles. The number of aromatic nitrogens is 1. The van der Waals surface area contributed by atoms with Crippen molar-refractivity contribution < 1.29 is 9.59 Å². The number of para-hydroxylation sites is 1. The number of hydrogen-bond acceptors (Lipinski definition) is 2. The van der Waals surface area contributed by atoms with E-state index in [9.17, 15) is 9.59 Å². The molecule has 0 saturated heterocycles. The van der Waals surface area contributed by atoms with Gasteiger partial charge in [-0.3, -0.25) is 9.59 Å². The molecule has 0 radical (unpaired) electrons. The lowest BCUT2D eigenvalue weighted by atomic mass is 10.1. The number of nitrogens with zero attached hydrogens (tertiary/aromatic N) is 2. The maximum Gasteiger partial charge on any atom is 0.260 e. The molecule has 0 bridgehead atoms. The van der Waals surface area contributed by atoms with E-state index in [2.05, 4.69) is 9.88 Å². The van der Waals surface area contributed by atoms with E-state index in [-0.39, 0.29) is 26.5 Å². The summed E-state index contributed by atoms with van der Waals surface area (Å²) >= 11 is 18.8. The number of hydrogen-bond donors (Lipinski definition) is 1. The summed E-state index contributed by atoms with van der Waals surface area (Å²) in [6.45, 7) is 1.11. The summed E-state index contributed by atoms with van der Waals surface area (Å²) in [5.41, 5.74) is 3.85. The van der Waals surface area contributed by atoms with Crippen molar-refractivity contribution in [1.29, 1.82) is 0 Å². The zero-order valence-electron chi connectivity index (χ0n) is 17.8. The molecule has 2 heterocycles. The summed E-state index contributed by atoms with van der Waals surface area (Å²) in [4.78, 5) is 28.1. The van der Waals surface area contributed by atoms with Crippen LogP contribution in [0.2, 0.25) is 15.1 Å². The average Bonchev–Trinajstić information content (AvgIpc) is 3.17. The van der Waals surface area contributed by atoms with Crippen molar-refractivity contribution in [2.24, 2.45) is 0 Å². The highest BCUT2D eigenvalue weighted by Crippen LogP contribution is 2.32. The van der Waals surface area contributed by atoms with Gasteiger partial charge in [0.15, 0.2) is 0 Å². The Kier molecular flexibility index (Phi) is 6.09. The van der Waals surface area contributed by atoms with Gasteiger partial charge in [0.25, 0.3) is 11.8 Å². The Hall–Kier alpha value is -3.25. The number of carbonyl (C=O) groups excluding carboxylic acids is 2. The van der Waals surface area contributed by atoms with Crippen LogP contribution in [0.3, 0.4) is 0 Å². The van der Waals surface area contributed by atoms with Gasteiger partial charge < -0.3 is 14.8 Å². The molecule has 8 heteroatoms. The zero-order valence-corrected chi connectivity index (χ0v) is 20.0. The Bertz CT molecular complexity index is 1410. The molecule has 1 aliphatic heterocycles. The van der Waals surface area contributed by atoms with E-state index >= 15 is 0 Å². The van der Waals surface area contributed by atoms with E-state index in [0.29, 0.717) is 24.3 Å². The minimum Gasteiger partial charge on any atom is -0.345 e. The minimum atomic E-state index is -0.465. The van der Waals surface area contributed by atoms with Crippen molar-refractivity contribution in [2.45, 2.75) is 13.1 Å². The Balaban J connectivity index is 1.44. The summed E-state index contributed by atoms with van der Waals surface area (Å²) in [5.74, 6) is -0.688. The van der Waals surface area contributed by atoms with Gasteiger partial charge in [-0.2, -0.15) is 0 Å². The second-order valence-electron chi connectivity index (χ2n) is 7.89. The summed E-state index contributed by atoms with van der Waals surface area (Å²) in [7, 11) is 0. The van der Waals surface area contributed by atoms with Gasteiger partial charge in [-0.05, 0) is 54.1 Å². The highest BCUT2D eigenvalue weighted by molar-refractivity contribution is 6.40. The van der Waals surface area contributed by atoms with Crippen molar-refractivity contribution >= 4 is 58.0 Å². The fraction of sp³-hybridized carbons (Fsp3) is 0.0769. The maximum absolute atomic E-state index is 13.6. The number of rotatable bonds is 3. The van der Waals surface area contributed by atoms with Gasteiger partial charge in [0.2, 0.25) is 0 Å². The topological polar surface area (TPSA) is 54.3 Å². The number of nitrogens with one attached hydrogen (secondary N) is 1. The maximum atomic E-state index is 13.6. The van der Waals surface area contributed by atoms with E-state index in [1.54, 1.807) is 41.3 Å². The molecule has 2 amide bonds. The van der Waals surface area contributed by atoms with Crippen LogP contribution in [-0.2, 0) is 13.1 Å². The van der Waals surface area contributed by atoms with Gasteiger partial charge in [-0.25, -0.2) is 0 Å². The smallest absolute Gasteiger partial charge is 0.260 e. The van der Waals surface area contributed by atoms with Crippen LogP contribution in [0.5, 0.6) is 0 Å².